The van der Waals surface area contributed by atoms with Gasteiger partial charge in [0.15, 0.2) is 0 Å². The van der Waals surface area contributed by atoms with Gasteiger partial charge in [0.2, 0.25) is 0 Å². The summed E-state index contributed by atoms with van der Waals surface area (Å²) in [5, 5.41) is 3.90. The first-order valence-electron chi connectivity index (χ1n) is 4.21. The van der Waals surface area contributed by atoms with Gasteiger partial charge in [0.05, 0.1) is 6.20 Å². The fourth-order valence-electron chi connectivity index (χ4n) is 1.09. The molecular weight excluding hydrogens is 180 g/mol. The van der Waals surface area contributed by atoms with E-state index in [1.807, 2.05) is 0 Å². The molecule has 1 amide bonds. The summed E-state index contributed by atoms with van der Waals surface area (Å²) >= 11 is 0. The largest absolute Gasteiger partial charge is 0.383 e. The first kappa shape index (κ1) is 10.3. The highest BCUT2D eigenvalue weighted by atomic mass is 16.2. The average molecular weight is 194 g/mol. The molecule has 0 aliphatic carbocycles. The van der Waals surface area contributed by atoms with Crippen LogP contribution >= 0.6 is 0 Å². The Morgan fingerprint density at radius 1 is 1.86 bits per heavy atom. The number of anilines is 1. The van der Waals surface area contributed by atoms with Crippen LogP contribution in [0.4, 0.5) is 5.82 Å². The first-order chi connectivity index (χ1) is 6.57. The predicted molar refractivity (Wildman–Crippen MR) is 54.8 cm³/mol. The molecule has 0 saturated heterocycles. The van der Waals surface area contributed by atoms with Gasteiger partial charge in [0.25, 0.3) is 5.91 Å². The molecule has 0 aliphatic rings. The number of likely N-dealkylation sites (N-methyl/N-ethyl adjacent to an activating group) is 1. The van der Waals surface area contributed by atoms with Crippen molar-refractivity contribution in [1.29, 1.82) is 0 Å². The van der Waals surface area contributed by atoms with Gasteiger partial charge in [-0.05, 0) is 0 Å². The van der Waals surface area contributed by atoms with E-state index in [1.54, 1.807) is 20.2 Å². The lowest BCUT2D eigenvalue weighted by Crippen LogP contribution is -2.27. The number of nitrogens with two attached hydrogens (primary N) is 1. The molecule has 0 bridgehead atoms. The summed E-state index contributed by atoms with van der Waals surface area (Å²) in [5.74, 6) is 0.237. The molecule has 0 fully saturated rings. The van der Waals surface area contributed by atoms with Crippen LogP contribution in [0.1, 0.15) is 10.4 Å². The third kappa shape index (κ3) is 1.76. The lowest BCUT2D eigenvalue weighted by Gasteiger charge is -2.13. The van der Waals surface area contributed by atoms with Crippen LogP contribution in [-0.2, 0) is 7.05 Å². The van der Waals surface area contributed by atoms with Gasteiger partial charge in [-0.1, -0.05) is 6.08 Å². The van der Waals surface area contributed by atoms with E-state index in [2.05, 4.69) is 11.7 Å². The van der Waals surface area contributed by atoms with Crippen LogP contribution in [0.25, 0.3) is 0 Å². The summed E-state index contributed by atoms with van der Waals surface area (Å²) in [6, 6.07) is 0. The highest BCUT2D eigenvalue weighted by Gasteiger charge is 2.16. The lowest BCUT2D eigenvalue weighted by atomic mass is 10.3. The number of carbonyl (C=O) groups is 1. The Hall–Kier alpha value is -1.78. The van der Waals surface area contributed by atoms with Crippen molar-refractivity contribution < 1.29 is 4.79 Å². The van der Waals surface area contributed by atoms with Gasteiger partial charge in [0, 0.05) is 20.6 Å². The van der Waals surface area contributed by atoms with E-state index in [0.29, 0.717) is 17.9 Å². The van der Waals surface area contributed by atoms with E-state index in [0.717, 1.165) is 0 Å². The van der Waals surface area contributed by atoms with Crippen molar-refractivity contribution >= 4 is 11.7 Å². The van der Waals surface area contributed by atoms with Crippen LogP contribution < -0.4 is 5.73 Å². The number of carbonyl (C=O) groups excluding carboxylic acids is 1. The number of nitrogens with zero attached hydrogens (tertiary/aromatic N) is 3. The summed E-state index contributed by atoms with van der Waals surface area (Å²) in [6.45, 7) is 4.05. The van der Waals surface area contributed by atoms with Gasteiger partial charge in [0.1, 0.15) is 11.4 Å². The van der Waals surface area contributed by atoms with Gasteiger partial charge in [-0.25, -0.2) is 0 Å². The number of rotatable bonds is 3. The molecule has 0 saturated carbocycles. The van der Waals surface area contributed by atoms with E-state index in [1.165, 1.54) is 15.8 Å². The number of hydrogen-bond donors (Lipinski definition) is 1. The second-order valence-electron chi connectivity index (χ2n) is 3.04. The van der Waals surface area contributed by atoms with E-state index >= 15 is 0 Å². The van der Waals surface area contributed by atoms with Gasteiger partial charge in [-0.15, -0.1) is 6.58 Å². The standard InChI is InChI=1S/C9H14N4O/c1-4-5-12(2)9(14)7-6-11-13(3)8(7)10/h4,6H,1,5,10H2,2-3H3. The maximum atomic E-state index is 11.7. The van der Waals surface area contributed by atoms with Crippen LogP contribution in [0.3, 0.4) is 0 Å². The molecule has 0 radical (unpaired) electrons. The minimum absolute atomic E-state index is 0.143. The number of aryl methyl sites for hydroxylation is 1. The SMILES string of the molecule is C=CCN(C)C(=O)c1cnn(C)c1N. The molecule has 14 heavy (non-hydrogen) atoms. The Balaban J connectivity index is 2.89. The van der Waals surface area contributed by atoms with Gasteiger partial charge < -0.3 is 10.6 Å². The average Bonchev–Trinajstić information content (AvgIpc) is 2.47. The monoisotopic (exact) mass is 194 g/mol. The summed E-state index contributed by atoms with van der Waals surface area (Å²) in [5.41, 5.74) is 6.09. The Morgan fingerprint density at radius 3 is 2.93 bits per heavy atom. The van der Waals surface area contributed by atoms with Crippen LogP contribution in [-0.4, -0.2) is 34.2 Å². The lowest BCUT2D eigenvalue weighted by molar-refractivity contribution is 0.0811. The van der Waals surface area contributed by atoms with Crippen molar-refractivity contribution in [2.24, 2.45) is 7.05 Å². The molecule has 76 valence electrons. The van der Waals surface area contributed by atoms with Crippen LogP contribution in [0.2, 0.25) is 0 Å². The first-order valence-corrected chi connectivity index (χ1v) is 4.21. The van der Waals surface area contributed by atoms with E-state index < -0.39 is 0 Å². The minimum Gasteiger partial charge on any atom is -0.383 e. The number of amides is 1. The molecule has 1 aromatic rings. The zero-order valence-corrected chi connectivity index (χ0v) is 8.40. The summed E-state index contributed by atoms with van der Waals surface area (Å²) < 4.78 is 1.47. The molecule has 5 heteroatoms. The topological polar surface area (TPSA) is 64.2 Å². The molecule has 1 rings (SSSR count). The van der Waals surface area contributed by atoms with E-state index in [9.17, 15) is 4.79 Å². The minimum atomic E-state index is -0.143. The molecule has 1 heterocycles. The fourth-order valence-corrected chi connectivity index (χ4v) is 1.09. The summed E-state index contributed by atoms with van der Waals surface area (Å²) in [4.78, 5) is 13.2. The highest BCUT2D eigenvalue weighted by Crippen LogP contribution is 2.11. The fraction of sp³-hybridized carbons (Fsp3) is 0.333. The Morgan fingerprint density at radius 2 is 2.50 bits per heavy atom. The normalized spacial score (nSPS) is 9.86. The quantitative estimate of drug-likeness (QED) is 0.702. The van der Waals surface area contributed by atoms with E-state index in [-0.39, 0.29) is 5.91 Å². The van der Waals surface area contributed by atoms with Crippen molar-refractivity contribution in [1.82, 2.24) is 14.7 Å². The van der Waals surface area contributed by atoms with Crippen molar-refractivity contribution in [3.63, 3.8) is 0 Å². The maximum Gasteiger partial charge on any atom is 0.259 e. The molecule has 2 N–H and O–H groups in total. The second kappa shape index (κ2) is 3.95. The van der Waals surface area contributed by atoms with Gasteiger partial charge in [-0.2, -0.15) is 5.10 Å². The zero-order chi connectivity index (χ0) is 10.7. The molecule has 0 aliphatic heterocycles. The third-order valence-corrected chi connectivity index (χ3v) is 1.96. The van der Waals surface area contributed by atoms with Crippen molar-refractivity contribution in [2.75, 3.05) is 19.3 Å². The molecule has 1 aromatic heterocycles. The molecule has 0 atom stereocenters. The highest BCUT2D eigenvalue weighted by molar-refractivity contribution is 5.98. The number of aromatic nitrogens is 2. The smallest absolute Gasteiger partial charge is 0.259 e. The molecule has 0 aromatic carbocycles. The van der Waals surface area contributed by atoms with Crippen molar-refractivity contribution in [3.8, 4) is 0 Å². The predicted octanol–water partition coefficient (Wildman–Crippen LogP) is 0.260. The molecule has 5 nitrogen and oxygen atoms in total. The molecule has 0 unspecified atom stereocenters. The van der Waals surface area contributed by atoms with E-state index in [4.69, 9.17) is 5.73 Å². The van der Waals surface area contributed by atoms with Crippen LogP contribution in [0, 0.1) is 0 Å². The maximum absolute atomic E-state index is 11.7. The zero-order valence-electron chi connectivity index (χ0n) is 8.40. The second-order valence-corrected chi connectivity index (χ2v) is 3.04. The van der Waals surface area contributed by atoms with Crippen molar-refractivity contribution in [2.45, 2.75) is 0 Å². The number of nitrogen functional groups attached to an aromatic ring is 1. The Bertz CT molecular complexity index is 356. The summed E-state index contributed by atoms with van der Waals surface area (Å²) in [7, 11) is 3.38. The Labute approximate surface area is 82.8 Å². The third-order valence-electron chi connectivity index (χ3n) is 1.96. The van der Waals surface area contributed by atoms with Crippen molar-refractivity contribution in [3.05, 3.63) is 24.4 Å². The Kier molecular flexibility index (Phi) is 2.91. The summed E-state index contributed by atoms with van der Waals surface area (Å²) in [6.07, 6.45) is 3.13. The molecule has 0 spiro atoms. The van der Waals surface area contributed by atoms with Crippen LogP contribution in [0.5, 0.6) is 0 Å². The number of hydrogen-bond acceptors (Lipinski definition) is 3. The van der Waals surface area contributed by atoms with Gasteiger partial charge >= 0.3 is 0 Å². The molecular formula is C9H14N4O. The van der Waals surface area contributed by atoms with Gasteiger partial charge in [-0.3, -0.25) is 9.48 Å². The van der Waals surface area contributed by atoms with Crippen LogP contribution in [0.15, 0.2) is 18.9 Å².